The predicted octanol–water partition coefficient (Wildman–Crippen LogP) is -0.882. The zero-order valence-electron chi connectivity index (χ0n) is 10.9. The fourth-order valence-electron chi connectivity index (χ4n) is 2.93. The van der Waals surface area contributed by atoms with Crippen LogP contribution >= 0.6 is 0 Å². The van der Waals surface area contributed by atoms with Gasteiger partial charge in [-0.3, -0.25) is 4.79 Å². The minimum absolute atomic E-state index is 0.151. The maximum Gasteiger partial charge on any atom is 0.239 e. The summed E-state index contributed by atoms with van der Waals surface area (Å²) in [6, 6.07) is 0.267. The number of aliphatic hydroxyl groups excluding tert-OH is 1. The third kappa shape index (κ3) is 2.61. The molecule has 2 aliphatic heterocycles. The van der Waals surface area contributed by atoms with E-state index in [-0.39, 0.29) is 18.1 Å². The molecule has 0 bridgehead atoms. The summed E-state index contributed by atoms with van der Waals surface area (Å²) in [6.07, 6.45) is 0.185. The third-order valence-corrected chi connectivity index (χ3v) is 3.95. The Balaban J connectivity index is 1.93. The number of carbonyl (C=O) groups excluding carboxylic acids is 1. The average Bonchev–Trinajstić information content (AvgIpc) is 2.83. The molecule has 5 heteroatoms. The van der Waals surface area contributed by atoms with Crippen LogP contribution < -0.4 is 5.32 Å². The number of likely N-dealkylation sites (N-methyl/N-ethyl adjacent to an activating group) is 1. The number of aliphatic hydroxyl groups is 1. The van der Waals surface area contributed by atoms with Crippen LogP contribution in [0.1, 0.15) is 13.3 Å². The van der Waals surface area contributed by atoms with Crippen LogP contribution in [0.2, 0.25) is 0 Å². The Hall–Kier alpha value is -0.650. The van der Waals surface area contributed by atoms with Crippen molar-refractivity contribution in [2.24, 2.45) is 5.92 Å². The number of amides is 1. The normalized spacial score (nSPS) is 38.1. The lowest BCUT2D eigenvalue weighted by molar-refractivity contribution is -0.132. The van der Waals surface area contributed by atoms with Crippen molar-refractivity contribution < 1.29 is 9.90 Å². The van der Waals surface area contributed by atoms with E-state index >= 15 is 0 Å². The van der Waals surface area contributed by atoms with E-state index in [1.165, 1.54) is 0 Å². The van der Waals surface area contributed by atoms with E-state index in [1.54, 1.807) is 0 Å². The van der Waals surface area contributed by atoms with Crippen molar-refractivity contribution >= 4 is 5.91 Å². The van der Waals surface area contributed by atoms with E-state index < -0.39 is 0 Å². The van der Waals surface area contributed by atoms with Gasteiger partial charge in [0, 0.05) is 25.7 Å². The van der Waals surface area contributed by atoms with E-state index in [4.69, 9.17) is 0 Å². The van der Waals surface area contributed by atoms with E-state index in [2.05, 4.69) is 31.2 Å². The third-order valence-electron chi connectivity index (χ3n) is 3.95. The molecule has 0 saturated carbocycles. The van der Waals surface area contributed by atoms with Gasteiger partial charge in [0.1, 0.15) is 0 Å². The van der Waals surface area contributed by atoms with Gasteiger partial charge in [0.25, 0.3) is 0 Å². The molecule has 2 aliphatic rings. The number of nitrogens with zero attached hydrogens (tertiary/aromatic N) is 2. The van der Waals surface area contributed by atoms with Crippen LogP contribution in [0.15, 0.2) is 0 Å². The molecule has 4 unspecified atom stereocenters. The number of β-amino-alcohol motifs (C(OH)–C–C–N with tert-alkyl or cyclic N) is 1. The van der Waals surface area contributed by atoms with Crippen LogP contribution in [0.3, 0.4) is 0 Å². The molecular weight excluding hydrogens is 218 g/mol. The number of rotatable bonds is 2. The van der Waals surface area contributed by atoms with Gasteiger partial charge in [0.15, 0.2) is 0 Å². The second kappa shape index (κ2) is 4.92. The SMILES string of the molecule is CC1CN(C(=O)C2CC(O)CN2)CC1N(C)C. The van der Waals surface area contributed by atoms with Gasteiger partial charge in [0.05, 0.1) is 12.1 Å². The number of nitrogens with one attached hydrogen (secondary N) is 1. The molecular formula is C12H23N3O2. The maximum absolute atomic E-state index is 12.2. The average molecular weight is 241 g/mol. The zero-order valence-corrected chi connectivity index (χ0v) is 10.9. The molecule has 4 atom stereocenters. The van der Waals surface area contributed by atoms with Gasteiger partial charge in [-0.15, -0.1) is 0 Å². The second-order valence-electron chi connectivity index (χ2n) is 5.60. The predicted molar refractivity (Wildman–Crippen MR) is 65.6 cm³/mol. The Labute approximate surface area is 103 Å². The molecule has 0 aromatic heterocycles. The van der Waals surface area contributed by atoms with Gasteiger partial charge in [-0.05, 0) is 26.4 Å². The molecule has 2 heterocycles. The van der Waals surface area contributed by atoms with Crippen LogP contribution in [-0.2, 0) is 4.79 Å². The Morgan fingerprint density at radius 2 is 2.12 bits per heavy atom. The molecule has 0 aromatic carbocycles. The molecule has 5 nitrogen and oxygen atoms in total. The number of likely N-dealkylation sites (tertiary alicyclic amines) is 1. The topological polar surface area (TPSA) is 55.8 Å². The number of hydrogen-bond donors (Lipinski definition) is 2. The smallest absolute Gasteiger partial charge is 0.239 e. The molecule has 0 radical (unpaired) electrons. The van der Waals surface area contributed by atoms with Crippen LogP contribution in [0.4, 0.5) is 0 Å². The molecule has 2 saturated heterocycles. The van der Waals surface area contributed by atoms with Crippen molar-refractivity contribution in [2.75, 3.05) is 33.7 Å². The molecule has 0 aliphatic carbocycles. The molecule has 1 amide bonds. The monoisotopic (exact) mass is 241 g/mol. The van der Waals surface area contributed by atoms with Crippen molar-refractivity contribution in [2.45, 2.75) is 31.5 Å². The highest BCUT2D eigenvalue weighted by atomic mass is 16.3. The highest BCUT2D eigenvalue weighted by Crippen LogP contribution is 2.22. The summed E-state index contributed by atoms with van der Waals surface area (Å²) in [7, 11) is 4.12. The van der Waals surface area contributed by atoms with E-state index in [1.807, 2.05) is 4.90 Å². The van der Waals surface area contributed by atoms with Crippen molar-refractivity contribution in [3.8, 4) is 0 Å². The van der Waals surface area contributed by atoms with Gasteiger partial charge in [-0.1, -0.05) is 6.92 Å². The van der Waals surface area contributed by atoms with Crippen LogP contribution in [0.25, 0.3) is 0 Å². The summed E-state index contributed by atoms with van der Waals surface area (Å²) in [6.45, 7) is 4.36. The summed E-state index contributed by atoms with van der Waals surface area (Å²) in [5.74, 6) is 0.665. The lowest BCUT2D eigenvalue weighted by Gasteiger charge is -2.23. The molecule has 98 valence electrons. The highest BCUT2D eigenvalue weighted by molar-refractivity contribution is 5.82. The summed E-state index contributed by atoms with van der Waals surface area (Å²) in [4.78, 5) is 16.4. The molecule has 2 N–H and O–H groups in total. The quantitative estimate of drug-likeness (QED) is 0.659. The lowest BCUT2D eigenvalue weighted by Crippen LogP contribution is -2.43. The van der Waals surface area contributed by atoms with Crippen molar-refractivity contribution in [1.29, 1.82) is 0 Å². The van der Waals surface area contributed by atoms with Crippen molar-refractivity contribution in [1.82, 2.24) is 15.1 Å². The first-order chi connectivity index (χ1) is 7.99. The minimum Gasteiger partial charge on any atom is -0.392 e. The van der Waals surface area contributed by atoms with Gasteiger partial charge >= 0.3 is 0 Å². The Bertz CT molecular complexity index is 295. The summed E-state index contributed by atoms with van der Waals surface area (Å²) in [5, 5.41) is 12.5. The lowest BCUT2D eigenvalue weighted by atomic mass is 10.1. The Morgan fingerprint density at radius 3 is 2.59 bits per heavy atom. The molecule has 0 aromatic rings. The number of hydrogen-bond acceptors (Lipinski definition) is 4. The molecule has 2 fully saturated rings. The highest BCUT2D eigenvalue weighted by Gasteiger charge is 2.38. The fraction of sp³-hybridized carbons (Fsp3) is 0.917. The molecule has 17 heavy (non-hydrogen) atoms. The van der Waals surface area contributed by atoms with Crippen molar-refractivity contribution in [3.63, 3.8) is 0 Å². The van der Waals surface area contributed by atoms with Crippen LogP contribution in [0.5, 0.6) is 0 Å². The standard InChI is InChI=1S/C12H23N3O2/c1-8-6-15(7-11(8)14(2)3)12(17)10-4-9(16)5-13-10/h8-11,13,16H,4-7H2,1-3H3. The van der Waals surface area contributed by atoms with Crippen LogP contribution in [0, 0.1) is 5.92 Å². The molecule has 2 rings (SSSR count). The van der Waals surface area contributed by atoms with Gasteiger partial charge in [-0.2, -0.15) is 0 Å². The summed E-state index contributed by atoms with van der Waals surface area (Å²) in [5.41, 5.74) is 0. The largest absolute Gasteiger partial charge is 0.392 e. The second-order valence-corrected chi connectivity index (χ2v) is 5.60. The summed E-state index contributed by atoms with van der Waals surface area (Å²) < 4.78 is 0. The molecule has 0 spiro atoms. The van der Waals surface area contributed by atoms with Gasteiger partial charge in [-0.25, -0.2) is 0 Å². The fourth-order valence-corrected chi connectivity index (χ4v) is 2.93. The Morgan fingerprint density at radius 1 is 1.41 bits per heavy atom. The van der Waals surface area contributed by atoms with Crippen LogP contribution in [-0.4, -0.2) is 72.7 Å². The first-order valence-electron chi connectivity index (χ1n) is 6.35. The number of carbonyl (C=O) groups is 1. The van der Waals surface area contributed by atoms with E-state index in [9.17, 15) is 9.90 Å². The summed E-state index contributed by atoms with van der Waals surface area (Å²) >= 11 is 0. The zero-order chi connectivity index (χ0) is 12.6. The van der Waals surface area contributed by atoms with Gasteiger partial charge in [0.2, 0.25) is 5.91 Å². The van der Waals surface area contributed by atoms with E-state index in [0.29, 0.717) is 24.9 Å². The van der Waals surface area contributed by atoms with E-state index in [0.717, 1.165) is 13.1 Å². The first kappa shape index (κ1) is 12.8. The minimum atomic E-state index is -0.367. The maximum atomic E-state index is 12.2. The first-order valence-corrected chi connectivity index (χ1v) is 6.35. The Kier molecular flexibility index (Phi) is 3.70. The van der Waals surface area contributed by atoms with Gasteiger partial charge < -0.3 is 20.2 Å². The van der Waals surface area contributed by atoms with Crippen molar-refractivity contribution in [3.05, 3.63) is 0 Å².